The summed E-state index contributed by atoms with van der Waals surface area (Å²) in [4.78, 5) is 30.3. The lowest BCUT2D eigenvalue weighted by Crippen LogP contribution is -2.31. The van der Waals surface area contributed by atoms with Gasteiger partial charge in [-0.2, -0.15) is 0 Å². The summed E-state index contributed by atoms with van der Waals surface area (Å²) in [6.07, 6.45) is 3.05. The maximum atomic E-state index is 12.7. The molecule has 2 aromatic rings. The second-order valence-corrected chi connectivity index (χ2v) is 4.81. The monoisotopic (exact) mass is 309 g/mol. The van der Waals surface area contributed by atoms with E-state index < -0.39 is 0 Å². The maximum Gasteiger partial charge on any atom is 0.270 e. The fourth-order valence-electron chi connectivity index (χ4n) is 2.15. The molecule has 0 aliphatic carbocycles. The number of amides is 2. The van der Waals surface area contributed by atoms with E-state index in [1.165, 1.54) is 12.3 Å². The molecular formula is C18H19N3O2. The number of hydrogen-bond donors (Lipinski definition) is 1. The normalized spacial score (nSPS) is 9.96. The molecule has 0 fully saturated rings. The van der Waals surface area contributed by atoms with Gasteiger partial charge in [0.1, 0.15) is 5.69 Å². The smallest absolute Gasteiger partial charge is 0.270 e. The van der Waals surface area contributed by atoms with Gasteiger partial charge in [0.2, 0.25) is 0 Å². The van der Waals surface area contributed by atoms with Crippen LogP contribution in [0.5, 0.6) is 0 Å². The average Bonchev–Trinajstić information content (AvgIpc) is 2.61. The van der Waals surface area contributed by atoms with Gasteiger partial charge in [-0.05, 0) is 31.2 Å². The topological polar surface area (TPSA) is 62.3 Å². The first kappa shape index (κ1) is 16.4. The molecule has 5 nitrogen and oxygen atoms in total. The van der Waals surface area contributed by atoms with Crippen molar-refractivity contribution in [2.24, 2.45) is 0 Å². The number of rotatable bonds is 6. The van der Waals surface area contributed by atoms with E-state index in [0.717, 1.165) is 5.69 Å². The molecule has 0 bridgehead atoms. The highest BCUT2D eigenvalue weighted by molar-refractivity contribution is 6.07. The van der Waals surface area contributed by atoms with Crippen LogP contribution in [0.3, 0.4) is 0 Å². The number of anilines is 1. The lowest BCUT2D eigenvalue weighted by Gasteiger charge is -2.21. The van der Waals surface area contributed by atoms with E-state index in [-0.39, 0.29) is 17.5 Å². The van der Waals surface area contributed by atoms with E-state index in [9.17, 15) is 9.59 Å². The second-order valence-electron chi connectivity index (χ2n) is 4.81. The van der Waals surface area contributed by atoms with Gasteiger partial charge in [-0.1, -0.05) is 24.3 Å². The number of nitrogens with one attached hydrogen (secondary N) is 1. The molecule has 23 heavy (non-hydrogen) atoms. The largest absolute Gasteiger partial charge is 0.347 e. The number of hydrogen-bond acceptors (Lipinski definition) is 3. The van der Waals surface area contributed by atoms with Crippen molar-refractivity contribution in [3.63, 3.8) is 0 Å². The molecule has 0 atom stereocenters. The van der Waals surface area contributed by atoms with Crippen molar-refractivity contribution in [3.05, 3.63) is 72.6 Å². The Kier molecular flexibility index (Phi) is 5.63. The molecular weight excluding hydrogens is 290 g/mol. The Labute approximate surface area is 135 Å². The van der Waals surface area contributed by atoms with E-state index >= 15 is 0 Å². The minimum Gasteiger partial charge on any atom is -0.347 e. The van der Waals surface area contributed by atoms with Crippen LogP contribution in [0.4, 0.5) is 5.69 Å². The first-order chi connectivity index (χ1) is 11.2. The molecule has 0 spiro atoms. The van der Waals surface area contributed by atoms with E-state index in [2.05, 4.69) is 16.9 Å². The van der Waals surface area contributed by atoms with Gasteiger partial charge in [-0.15, -0.1) is 6.58 Å². The summed E-state index contributed by atoms with van der Waals surface area (Å²) in [7, 11) is 0. The van der Waals surface area contributed by atoms with E-state index in [0.29, 0.717) is 18.7 Å². The van der Waals surface area contributed by atoms with Crippen molar-refractivity contribution in [2.45, 2.75) is 6.92 Å². The van der Waals surface area contributed by atoms with E-state index in [1.807, 2.05) is 37.3 Å². The average molecular weight is 309 g/mol. The summed E-state index contributed by atoms with van der Waals surface area (Å²) in [5, 5.41) is 2.65. The van der Waals surface area contributed by atoms with Crippen LogP contribution in [0.2, 0.25) is 0 Å². The summed E-state index contributed by atoms with van der Waals surface area (Å²) >= 11 is 0. The summed E-state index contributed by atoms with van der Waals surface area (Å²) in [5.74, 6) is -0.499. The molecule has 0 aliphatic heterocycles. The Morgan fingerprint density at radius 3 is 2.65 bits per heavy atom. The highest BCUT2D eigenvalue weighted by Crippen LogP contribution is 2.16. The van der Waals surface area contributed by atoms with Gasteiger partial charge < -0.3 is 10.2 Å². The fourth-order valence-corrected chi connectivity index (χ4v) is 2.15. The van der Waals surface area contributed by atoms with Crippen molar-refractivity contribution in [1.82, 2.24) is 10.3 Å². The molecule has 1 heterocycles. The second kappa shape index (κ2) is 7.89. The number of pyridine rings is 1. The molecule has 2 rings (SSSR count). The van der Waals surface area contributed by atoms with Gasteiger partial charge in [-0.3, -0.25) is 14.6 Å². The van der Waals surface area contributed by atoms with E-state index in [4.69, 9.17) is 0 Å². The Hall–Kier alpha value is -2.95. The number of aromatic nitrogens is 1. The first-order valence-electron chi connectivity index (χ1n) is 7.39. The molecule has 0 aliphatic rings. The highest BCUT2D eigenvalue weighted by atomic mass is 16.2. The predicted octanol–water partition coefficient (Wildman–Crippen LogP) is 2.66. The maximum absolute atomic E-state index is 12.7. The minimum atomic E-state index is -0.331. The summed E-state index contributed by atoms with van der Waals surface area (Å²) in [6.45, 7) is 6.33. The number of carbonyl (C=O) groups is 2. The van der Waals surface area contributed by atoms with Gasteiger partial charge >= 0.3 is 0 Å². The highest BCUT2D eigenvalue weighted by Gasteiger charge is 2.17. The molecule has 0 unspecified atom stereocenters. The number of carbonyl (C=O) groups excluding carboxylic acids is 2. The molecule has 1 aromatic heterocycles. The van der Waals surface area contributed by atoms with Gasteiger partial charge in [0.05, 0.1) is 0 Å². The minimum absolute atomic E-state index is 0.168. The summed E-state index contributed by atoms with van der Waals surface area (Å²) < 4.78 is 0. The first-order valence-corrected chi connectivity index (χ1v) is 7.39. The van der Waals surface area contributed by atoms with Crippen molar-refractivity contribution < 1.29 is 9.59 Å². The Balaban J connectivity index is 2.25. The number of para-hydroxylation sites is 1. The Morgan fingerprint density at radius 1 is 1.26 bits per heavy atom. The zero-order chi connectivity index (χ0) is 16.7. The molecule has 0 radical (unpaired) electrons. The standard InChI is InChI=1S/C18H19N3O2/c1-3-11-20-17(22)16-13-14(10-12-19-16)18(23)21(4-2)15-8-6-5-7-9-15/h3,5-10,12-13H,1,4,11H2,2H3,(H,20,22). The van der Waals surface area contributed by atoms with E-state index in [1.54, 1.807) is 17.0 Å². The third kappa shape index (κ3) is 4.03. The number of nitrogens with zero attached hydrogens (tertiary/aromatic N) is 2. The Bertz CT molecular complexity index is 698. The summed E-state index contributed by atoms with van der Waals surface area (Å²) in [6, 6.07) is 12.5. The SMILES string of the molecule is C=CCNC(=O)c1cc(C(=O)N(CC)c2ccccc2)ccn1. The van der Waals surface area contributed by atoms with Crippen LogP contribution in [0.25, 0.3) is 0 Å². The predicted molar refractivity (Wildman–Crippen MR) is 90.6 cm³/mol. The van der Waals surface area contributed by atoms with Crippen LogP contribution in [0.1, 0.15) is 27.8 Å². The third-order valence-electron chi connectivity index (χ3n) is 3.28. The third-order valence-corrected chi connectivity index (χ3v) is 3.28. The molecule has 1 aromatic carbocycles. The van der Waals surface area contributed by atoms with Gasteiger partial charge in [0.25, 0.3) is 11.8 Å². The molecule has 0 saturated carbocycles. The van der Waals surface area contributed by atoms with Gasteiger partial charge in [0, 0.05) is 30.5 Å². The lowest BCUT2D eigenvalue weighted by molar-refractivity contribution is 0.0953. The quantitative estimate of drug-likeness (QED) is 0.834. The van der Waals surface area contributed by atoms with Crippen molar-refractivity contribution >= 4 is 17.5 Å². The molecule has 0 saturated heterocycles. The van der Waals surface area contributed by atoms with Crippen molar-refractivity contribution in [1.29, 1.82) is 0 Å². The summed E-state index contributed by atoms with van der Waals surface area (Å²) in [5.41, 5.74) is 1.45. The molecule has 2 amide bonds. The fraction of sp³-hybridized carbons (Fsp3) is 0.167. The van der Waals surface area contributed by atoms with Crippen LogP contribution in [0.15, 0.2) is 61.3 Å². The van der Waals surface area contributed by atoms with Crippen molar-refractivity contribution in [2.75, 3.05) is 18.0 Å². The number of benzene rings is 1. The molecule has 118 valence electrons. The van der Waals surface area contributed by atoms with Crippen LogP contribution < -0.4 is 10.2 Å². The Morgan fingerprint density at radius 2 is 2.00 bits per heavy atom. The molecule has 5 heteroatoms. The van der Waals surface area contributed by atoms with Gasteiger partial charge in [-0.25, -0.2) is 0 Å². The van der Waals surface area contributed by atoms with Crippen LogP contribution in [0, 0.1) is 0 Å². The van der Waals surface area contributed by atoms with Crippen molar-refractivity contribution in [3.8, 4) is 0 Å². The van der Waals surface area contributed by atoms with Crippen LogP contribution in [-0.4, -0.2) is 29.9 Å². The zero-order valence-electron chi connectivity index (χ0n) is 13.0. The lowest BCUT2D eigenvalue weighted by atomic mass is 10.1. The van der Waals surface area contributed by atoms with Gasteiger partial charge in [0.15, 0.2) is 0 Å². The van der Waals surface area contributed by atoms with Crippen LogP contribution in [-0.2, 0) is 0 Å². The van der Waals surface area contributed by atoms with Crippen LogP contribution >= 0.6 is 0 Å². The molecule has 1 N–H and O–H groups in total. The zero-order valence-corrected chi connectivity index (χ0v) is 13.0.